The van der Waals surface area contributed by atoms with Crippen LogP contribution in [0.25, 0.3) is 0 Å². The number of thioether (sulfide) groups is 7. The zero-order valence-electron chi connectivity index (χ0n) is 80.3. The molecule has 7 aromatic rings. The van der Waals surface area contributed by atoms with E-state index in [1.54, 1.807) is 11.8 Å². The van der Waals surface area contributed by atoms with Crippen LogP contribution in [0.2, 0.25) is 0 Å². The number of hydrogen-bond acceptors (Lipinski definition) is 21. The van der Waals surface area contributed by atoms with Gasteiger partial charge in [0, 0.05) is 19.6 Å². The number of benzene rings is 7. The highest BCUT2D eigenvalue weighted by Crippen LogP contribution is 2.38. The minimum Gasteiger partial charge on any atom is -0.462 e. The number of hydrogen-bond donors (Lipinski definition) is 3. The van der Waals surface area contributed by atoms with E-state index >= 15 is 0 Å². The van der Waals surface area contributed by atoms with Gasteiger partial charge in [0.25, 0.3) is 0 Å². The number of rotatable bonds is 31. The minimum absolute atomic E-state index is 0.0518. The molecule has 17 nitrogen and oxygen atoms in total. The Balaban J connectivity index is 0.000000209. The molecule has 0 aliphatic carbocycles. The van der Waals surface area contributed by atoms with Gasteiger partial charge >= 0.3 is 48.6 Å². The first-order chi connectivity index (χ1) is 69.6. The van der Waals surface area contributed by atoms with Gasteiger partial charge in [-0.1, -0.05) is 30.3 Å². The average molecular weight is 2290 g/mol. The molecule has 0 atom stereocenters. The van der Waals surface area contributed by atoms with E-state index in [1.807, 2.05) is 106 Å². The molecule has 0 amide bonds. The lowest BCUT2D eigenvalue weighted by molar-refractivity contribution is -0.138. The molecule has 7 aliphatic heterocycles. The lowest BCUT2D eigenvalue weighted by Crippen LogP contribution is -2.29. The van der Waals surface area contributed by atoms with Crippen LogP contribution in [0.5, 0.6) is 0 Å². The maximum atomic E-state index is 13.5. The highest BCUT2D eigenvalue weighted by atomic mass is 32.2. The Hall–Kier alpha value is -6.80. The third kappa shape index (κ3) is 43.9. The number of halogens is 20. The van der Waals surface area contributed by atoms with E-state index in [2.05, 4.69) is 9.44 Å². The summed E-state index contributed by atoms with van der Waals surface area (Å²) in [6.07, 6.45) is 2.65. The summed E-state index contributed by atoms with van der Waals surface area (Å²) >= 11 is 13.4. The Labute approximate surface area is 874 Å². The van der Waals surface area contributed by atoms with Crippen LogP contribution in [0.1, 0.15) is 204 Å². The van der Waals surface area contributed by atoms with Crippen LogP contribution in [0.15, 0.2) is 148 Å². The highest BCUT2D eigenvalue weighted by Gasteiger charge is 2.38. The fourth-order valence-corrected chi connectivity index (χ4v) is 27.6. The van der Waals surface area contributed by atoms with Crippen molar-refractivity contribution in [1.82, 2.24) is 14.2 Å². The number of aryl methyl sites for hydroxylation is 1. The van der Waals surface area contributed by atoms with Crippen molar-refractivity contribution in [2.45, 2.75) is 181 Å². The second kappa shape index (κ2) is 62.5. The van der Waals surface area contributed by atoms with Crippen molar-refractivity contribution < 1.29 is 151 Å². The van der Waals surface area contributed by atoms with Gasteiger partial charge in [0.1, 0.15) is 11.4 Å². The number of ether oxygens (including phenoxy) is 4. The summed E-state index contributed by atoms with van der Waals surface area (Å²) in [4.78, 5) is 44.7. The van der Waals surface area contributed by atoms with Crippen LogP contribution >= 0.6 is 82.3 Å². The number of esters is 4. The van der Waals surface area contributed by atoms with Crippen molar-refractivity contribution in [1.29, 1.82) is 0 Å². The van der Waals surface area contributed by atoms with Crippen molar-refractivity contribution >= 4 is 136 Å². The summed E-state index contributed by atoms with van der Waals surface area (Å²) in [5.41, 5.74) is -2.59. The van der Waals surface area contributed by atoms with Crippen molar-refractivity contribution in [3.8, 4) is 0 Å². The SMILES string of the molecule is Cc1ccccc1C(=O)OCCC1CCSCC1.O=C(OCCC1CCSCC1)c1c(F)ccc(F)c1F.O=C(OCCC1CCSCC1)c1ccc(C(F)(F)F)cc1.O=C(OCCC1CCSCC1)c1cccc(C(F)(F)F)c1.O=S(=O)(NCCC1CCSCC1)c1c(F)c(F)c(F)c(F)c1F.O=S(=O)(NCCC1CCSCC1)c1ccc(C(F)(F)F)cc1.O=S(=O)(NCCC1CCSCC1)c1cccc(C(F)(F)F)c1. The Bertz CT molecular complexity index is 5580. The van der Waals surface area contributed by atoms with Crippen LogP contribution in [-0.4, -0.2) is 176 Å². The molecule has 3 N–H and O–H groups in total. The van der Waals surface area contributed by atoms with Crippen molar-refractivity contribution in [3.63, 3.8) is 0 Å². The molecule has 147 heavy (non-hydrogen) atoms. The van der Waals surface area contributed by atoms with Gasteiger partial charge in [-0.15, -0.1) is 0 Å². The molecular formula is C100H119F20N3O14S10. The molecule has 7 fully saturated rings. The normalized spacial score (nSPS) is 16.9. The predicted octanol–water partition coefficient (Wildman–Crippen LogP) is 26.5. The topological polar surface area (TPSA) is 244 Å². The van der Waals surface area contributed by atoms with E-state index < -0.39 is 152 Å². The summed E-state index contributed by atoms with van der Waals surface area (Å²) in [5.74, 6) is 1.10. The number of carbonyl (C=O) groups is 4. The fourth-order valence-electron chi connectivity index (χ4n) is 15.9. The van der Waals surface area contributed by atoms with Gasteiger partial charge < -0.3 is 18.9 Å². The summed E-state index contributed by atoms with van der Waals surface area (Å²) in [7, 11) is -12.5. The standard InChI is InChI=1S/2C15H17F3O2S.C15H20O2S.2C14H18F3NO2S2.C14H15F3O2S.C13H14F5NO2S2/c16-15(17,18)13-3-1-12(2-4-13)14(19)20-8-5-11-6-9-21-10-7-11;16-15(17,18)13-3-1-2-12(10-13)14(19)20-7-4-11-5-8-21-9-6-11;1-12-4-2-3-5-14(12)15(16)17-9-6-13-7-10-18-11-8-13;15-14(16,17)12-1-3-13(4-2-12)22(19,20)18-8-5-11-6-9-21-10-7-11;15-14(16,17)12-2-1-3-13(10-12)22(19,20)18-7-4-11-5-8-21-9-6-11;15-10-1-2-11(16)13(17)12(10)14(18)19-6-3-9-4-7-20-8-5-9;14-8-9(15)11(17)13(12(18)10(8)16)23(20,21)19-4-1-7-2-5-22-6-3-7/h1-4,11H,5-10H2;1-3,10-11H,4-9H2;2-5,13H,6-11H2,1H3;1-4,11,18H,5-10H2;1-3,10-11,18H,4-9H2;1-2,9H,3-8H2;7,19H,1-6H2. The number of carbonyl (C=O) groups excluding carboxylic acids is 4. The van der Waals surface area contributed by atoms with Gasteiger partial charge in [0.15, 0.2) is 39.8 Å². The van der Waals surface area contributed by atoms with Crippen LogP contribution in [0.3, 0.4) is 0 Å². The van der Waals surface area contributed by atoms with E-state index in [1.165, 1.54) is 42.5 Å². The molecule has 0 unspecified atom stereocenters. The van der Waals surface area contributed by atoms with Gasteiger partial charge in [0.05, 0.1) is 75.2 Å². The number of nitrogens with one attached hydrogen (secondary N) is 3. The van der Waals surface area contributed by atoms with Crippen molar-refractivity contribution in [3.05, 3.63) is 230 Å². The summed E-state index contributed by atoms with van der Waals surface area (Å²) < 4.78 is 355. The third-order valence-electron chi connectivity index (χ3n) is 24.8. The molecule has 7 aromatic carbocycles. The second-order valence-electron chi connectivity index (χ2n) is 35.3. The molecule has 47 heteroatoms. The molecule has 818 valence electrons. The lowest BCUT2D eigenvalue weighted by Gasteiger charge is -2.21. The first-order valence-corrected chi connectivity index (χ1v) is 60.3. The third-order valence-corrected chi connectivity index (χ3v) is 36.6. The van der Waals surface area contributed by atoms with Gasteiger partial charge in [0.2, 0.25) is 35.9 Å². The molecule has 0 aromatic heterocycles. The predicted molar refractivity (Wildman–Crippen MR) is 539 cm³/mol. The van der Waals surface area contributed by atoms with Gasteiger partial charge in [-0.25, -0.2) is 93.7 Å². The number of alkyl halides is 12. The Kier molecular flexibility index (Phi) is 53.3. The molecule has 0 bridgehead atoms. The van der Waals surface area contributed by atoms with E-state index in [0.29, 0.717) is 86.0 Å². The molecule has 7 heterocycles. The molecule has 7 aliphatic rings. The first kappa shape index (κ1) is 125. The molecule has 0 radical (unpaired) electrons. The molecule has 7 saturated heterocycles. The maximum absolute atomic E-state index is 13.5. The van der Waals surface area contributed by atoms with E-state index in [0.717, 1.165) is 262 Å². The lowest BCUT2D eigenvalue weighted by atomic mass is 9.99. The highest BCUT2D eigenvalue weighted by molar-refractivity contribution is 8.00. The van der Waals surface area contributed by atoms with Gasteiger partial charge in [-0.3, -0.25) is 0 Å². The van der Waals surface area contributed by atoms with Crippen molar-refractivity contribution in [2.24, 2.45) is 41.4 Å². The van der Waals surface area contributed by atoms with E-state index in [9.17, 15) is 132 Å². The molecular weight excluding hydrogens is 2170 g/mol. The fraction of sp³-hybridized carbons (Fsp3) is 0.540. The van der Waals surface area contributed by atoms with E-state index in [-0.39, 0.29) is 59.1 Å². The quantitative estimate of drug-likeness (QED) is 0.0120. The van der Waals surface area contributed by atoms with Gasteiger partial charge in [-0.2, -0.15) is 135 Å². The Morgan fingerprint density at radius 2 is 0.592 bits per heavy atom. The van der Waals surface area contributed by atoms with Crippen LogP contribution < -0.4 is 14.2 Å². The summed E-state index contributed by atoms with van der Waals surface area (Å²) in [6.45, 7) is 3.64. The Morgan fingerprint density at radius 3 is 0.959 bits per heavy atom. The largest absolute Gasteiger partial charge is 0.462 e. The smallest absolute Gasteiger partial charge is 0.416 e. The second-order valence-corrected chi connectivity index (χ2v) is 49.1. The molecule has 0 saturated carbocycles. The monoisotopic (exact) mass is 2290 g/mol. The van der Waals surface area contributed by atoms with Crippen LogP contribution in [0.4, 0.5) is 87.8 Å². The molecule has 0 spiro atoms. The summed E-state index contributed by atoms with van der Waals surface area (Å²) in [6, 6.07) is 24.7. The Morgan fingerprint density at radius 1 is 0.293 bits per heavy atom. The maximum Gasteiger partial charge on any atom is 0.416 e. The van der Waals surface area contributed by atoms with Crippen molar-refractivity contribution in [2.75, 3.05) is 127 Å². The molecule has 14 rings (SSSR count). The van der Waals surface area contributed by atoms with E-state index in [4.69, 9.17) is 18.9 Å². The van der Waals surface area contributed by atoms with Gasteiger partial charge in [-0.05, 0) is 372 Å². The van der Waals surface area contributed by atoms with Crippen LogP contribution in [0, 0.1) is 94.9 Å². The first-order valence-electron chi connectivity index (χ1n) is 47.7. The summed E-state index contributed by atoms with van der Waals surface area (Å²) in [5, 5.41) is 0. The van der Waals surface area contributed by atoms with Crippen LogP contribution in [-0.2, 0) is 73.7 Å². The zero-order chi connectivity index (χ0) is 108. The number of sulfonamides is 3. The zero-order valence-corrected chi connectivity index (χ0v) is 88.5. The minimum atomic E-state index is -4.84. The average Bonchev–Trinajstić information content (AvgIpc) is 0.766.